The molecule has 5 nitrogen and oxygen atoms in total. The molecule has 1 N–H and O–H groups in total. The summed E-state index contributed by atoms with van der Waals surface area (Å²) in [5, 5.41) is 9.52. The quantitative estimate of drug-likeness (QED) is 0.806. The first-order chi connectivity index (χ1) is 10.4. The van der Waals surface area contributed by atoms with Crippen molar-refractivity contribution in [3.05, 3.63) is 33.3 Å². The fourth-order valence-electron chi connectivity index (χ4n) is 2.57. The molecule has 0 spiro atoms. The average molecular weight is 392 g/mol. The molecule has 0 saturated carbocycles. The van der Waals surface area contributed by atoms with Crippen molar-refractivity contribution < 1.29 is 14.6 Å². The van der Waals surface area contributed by atoms with Crippen molar-refractivity contribution in [2.45, 2.75) is 12.6 Å². The van der Waals surface area contributed by atoms with E-state index in [-0.39, 0.29) is 12.6 Å². The normalized spacial score (nSPS) is 19.5. The molecule has 0 bridgehead atoms. The second-order valence-corrected chi connectivity index (χ2v) is 6.84. The van der Waals surface area contributed by atoms with Gasteiger partial charge in [-0.15, -0.1) is 0 Å². The zero-order valence-electron chi connectivity index (χ0n) is 12.5. The molecule has 0 aromatic heterocycles. The van der Waals surface area contributed by atoms with E-state index in [1.165, 1.54) is 5.56 Å². The number of hydrogen-bond acceptors (Lipinski definition) is 4. The van der Waals surface area contributed by atoms with Crippen molar-refractivity contribution in [3.63, 3.8) is 0 Å². The summed E-state index contributed by atoms with van der Waals surface area (Å²) in [6.07, 6.45) is 0.0316. The SMILES string of the molecule is CN(CC(=O)O)CC1CN(Cc2ccc(Cl)cc2Br)CCO1. The maximum Gasteiger partial charge on any atom is 0.317 e. The summed E-state index contributed by atoms with van der Waals surface area (Å²) in [5.41, 5.74) is 1.18. The number of carbonyl (C=O) groups is 1. The molecule has 1 aromatic rings. The molecule has 0 aliphatic carbocycles. The molecule has 22 heavy (non-hydrogen) atoms. The van der Waals surface area contributed by atoms with Gasteiger partial charge < -0.3 is 9.84 Å². The Bertz CT molecular complexity index is 530. The van der Waals surface area contributed by atoms with Crippen LogP contribution in [0.2, 0.25) is 5.02 Å². The number of benzene rings is 1. The van der Waals surface area contributed by atoms with Crippen molar-refractivity contribution >= 4 is 33.5 Å². The number of carboxylic acid groups (broad SMARTS) is 1. The minimum absolute atomic E-state index is 0.0303. The van der Waals surface area contributed by atoms with E-state index in [2.05, 4.69) is 20.8 Å². The summed E-state index contributed by atoms with van der Waals surface area (Å²) in [5.74, 6) is -0.819. The number of hydrogen-bond donors (Lipinski definition) is 1. The van der Waals surface area contributed by atoms with Crippen LogP contribution in [0, 0.1) is 0 Å². The fraction of sp³-hybridized carbons (Fsp3) is 0.533. The Labute approximate surface area is 143 Å². The minimum Gasteiger partial charge on any atom is -0.480 e. The summed E-state index contributed by atoms with van der Waals surface area (Å²) in [6, 6.07) is 5.81. The molecular formula is C15H20BrClN2O3. The maximum absolute atomic E-state index is 10.7. The van der Waals surface area contributed by atoms with Crippen LogP contribution in [0.1, 0.15) is 5.56 Å². The van der Waals surface area contributed by atoms with Crippen molar-refractivity contribution in [1.82, 2.24) is 9.80 Å². The van der Waals surface area contributed by atoms with Gasteiger partial charge >= 0.3 is 5.97 Å². The second-order valence-electron chi connectivity index (χ2n) is 5.55. The zero-order chi connectivity index (χ0) is 16.1. The Morgan fingerprint density at radius 2 is 2.36 bits per heavy atom. The molecule has 1 fully saturated rings. The van der Waals surface area contributed by atoms with Crippen LogP contribution in [0.25, 0.3) is 0 Å². The number of nitrogens with zero attached hydrogens (tertiary/aromatic N) is 2. The largest absolute Gasteiger partial charge is 0.480 e. The highest BCUT2D eigenvalue weighted by Crippen LogP contribution is 2.23. The third kappa shape index (κ3) is 5.52. The summed E-state index contributed by atoms with van der Waals surface area (Å²) < 4.78 is 6.74. The number of rotatable bonds is 6. The van der Waals surface area contributed by atoms with E-state index in [9.17, 15) is 4.79 Å². The van der Waals surface area contributed by atoms with Gasteiger partial charge in [0, 0.05) is 35.7 Å². The number of likely N-dealkylation sites (N-methyl/N-ethyl adjacent to an activating group) is 1. The highest BCUT2D eigenvalue weighted by atomic mass is 79.9. The van der Waals surface area contributed by atoms with Gasteiger partial charge in [0.05, 0.1) is 19.3 Å². The Kier molecular flexibility index (Phi) is 6.65. The topological polar surface area (TPSA) is 53.0 Å². The van der Waals surface area contributed by atoms with Gasteiger partial charge in [-0.25, -0.2) is 0 Å². The van der Waals surface area contributed by atoms with Gasteiger partial charge in [0.2, 0.25) is 0 Å². The molecule has 122 valence electrons. The highest BCUT2D eigenvalue weighted by molar-refractivity contribution is 9.10. The first-order valence-electron chi connectivity index (χ1n) is 7.12. The van der Waals surface area contributed by atoms with Crippen molar-refractivity contribution in [2.75, 3.05) is 39.8 Å². The van der Waals surface area contributed by atoms with Crippen LogP contribution in [-0.2, 0) is 16.1 Å². The first-order valence-corrected chi connectivity index (χ1v) is 8.29. The van der Waals surface area contributed by atoms with Gasteiger partial charge in [-0.2, -0.15) is 0 Å². The number of ether oxygens (including phenoxy) is 1. The van der Waals surface area contributed by atoms with Crippen molar-refractivity contribution in [3.8, 4) is 0 Å². The number of morpholine rings is 1. The van der Waals surface area contributed by atoms with Gasteiger partial charge in [-0.3, -0.25) is 14.6 Å². The van der Waals surface area contributed by atoms with Gasteiger partial charge in [-0.1, -0.05) is 33.6 Å². The molecule has 1 aromatic carbocycles. The standard InChI is InChI=1S/C15H20BrClN2O3/c1-18(10-15(20)21)8-13-9-19(4-5-22-13)7-11-2-3-12(17)6-14(11)16/h2-3,6,13H,4-5,7-10H2,1H3,(H,20,21). The molecule has 1 atom stereocenters. The molecule has 1 aliphatic heterocycles. The van der Waals surface area contributed by atoms with Gasteiger partial charge in [0.25, 0.3) is 0 Å². The van der Waals surface area contributed by atoms with E-state index in [0.29, 0.717) is 18.2 Å². The Morgan fingerprint density at radius 1 is 1.59 bits per heavy atom. The van der Waals surface area contributed by atoms with E-state index in [4.69, 9.17) is 21.4 Å². The Hall–Kier alpha value is -0.660. The summed E-state index contributed by atoms with van der Waals surface area (Å²) >= 11 is 9.51. The molecule has 2 rings (SSSR count). The van der Waals surface area contributed by atoms with E-state index in [1.807, 2.05) is 18.2 Å². The molecule has 0 amide bonds. The van der Waals surface area contributed by atoms with Crippen LogP contribution < -0.4 is 0 Å². The van der Waals surface area contributed by atoms with E-state index in [1.54, 1.807) is 11.9 Å². The van der Waals surface area contributed by atoms with Crippen LogP contribution in [0.4, 0.5) is 0 Å². The molecular weight excluding hydrogens is 372 g/mol. The zero-order valence-corrected chi connectivity index (χ0v) is 14.8. The molecule has 7 heteroatoms. The van der Waals surface area contributed by atoms with Crippen LogP contribution in [0.5, 0.6) is 0 Å². The number of halogens is 2. The third-order valence-corrected chi connectivity index (χ3v) is 4.53. The fourth-order valence-corrected chi connectivity index (χ4v) is 3.38. The monoisotopic (exact) mass is 390 g/mol. The molecule has 1 aliphatic rings. The Morgan fingerprint density at radius 3 is 3.05 bits per heavy atom. The van der Waals surface area contributed by atoms with E-state index >= 15 is 0 Å². The van der Waals surface area contributed by atoms with Gasteiger partial charge in [0.15, 0.2) is 0 Å². The van der Waals surface area contributed by atoms with E-state index < -0.39 is 5.97 Å². The third-order valence-electron chi connectivity index (χ3n) is 3.55. The van der Waals surface area contributed by atoms with Gasteiger partial charge in [-0.05, 0) is 24.7 Å². The predicted molar refractivity (Wildman–Crippen MR) is 89.3 cm³/mol. The van der Waals surface area contributed by atoms with Crippen LogP contribution in [-0.4, -0.2) is 66.8 Å². The predicted octanol–water partition coefficient (Wildman–Crippen LogP) is 2.32. The van der Waals surface area contributed by atoms with Crippen LogP contribution in [0.3, 0.4) is 0 Å². The van der Waals surface area contributed by atoms with Crippen molar-refractivity contribution in [2.24, 2.45) is 0 Å². The second kappa shape index (κ2) is 8.26. The number of carboxylic acids is 1. The van der Waals surface area contributed by atoms with Crippen LogP contribution >= 0.6 is 27.5 Å². The molecule has 1 unspecified atom stereocenters. The summed E-state index contributed by atoms with van der Waals surface area (Å²) in [7, 11) is 1.80. The maximum atomic E-state index is 10.7. The smallest absolute Gasteiger partial charge is 0.317 e. The summed E-state index contributed by atoms with van der Waals surface area (Å²) in [4.78, 5) is 14.8. The van der Waals surface area contributed by atoms with Crippen molar-refractivity contribution in [1.29, 1.82) is 0 Å². The minimum atomic E-state index is -0.819. The lowest BCUT2D eigenvalue weighted by Crippen LogP contribution is -2.47. The van der Waals surface area contributed by atoms with Gasteiger partial charge in [0.1, 0.15) is 0 Å². The average Bonchev–Trinajstić information content (AvgIpc) is 2.41. The lowest BCUT2D eigenvalue weighted by Gasteiger charge is -2.34. The molecule has 1 heterocycles. The number of aliphatic carboxylic acids is 1. The summed E-state index contributed by atoms with van der Waals surface area (Å²) in [6.45, 7) is 3.79. The molecule has 1 saturated heterocycles. The van der Waals surface area contributed by atoms with Crippen LogP contribution in [0.15, 0.2) is 22.7 Å². The lowest BCUT2D eigenvalue weighted by molar-refractivity contribution is -0.138. The van der Waals surface area contributed by atoms with E-state index in [0.717, 1.165) is 24.1 Å². The highest BCUT2D eigenvalue weighted by Gasteiger charge is 2.22. The molecule has 0 radical (unpaired) electrons. The first kappa shape index (κ1) is 17.7. The lowest BCUT2D eigenvalue weighted by atomic mass is 10.2. The Balaban J connectivity index is 1.89.